The third kappa shape index (κ3) is 3.74. The van der Waals surface area contributed by atoms with Crippen molar-refractivity contribution in [2.75, 3.05) is 13.1 Å². The summed E-state index contributed by atoms with van der Waals surface area (Å²) in [7, 11) is 0. The quantitative estimate of drug-likeness (QED) is 0.808. The first kappa shape index (κ1) is 14.0. The van der Waals surface area contributed by atoms with Gasteiger partial charge in [0.25, 0.3) is 0 Å². The van der Waals surface area contributed by atoms with E-state index in [1.807, 2.05) is 19.1 Å². The van der Waals surface area contributed by atoms with Crippen LogP contribution >= 0.6 is 0 Å². The van der Waals surface area contributed by atoms with Gasteiger partial charge in [0, 0.05) is 11.6 Å². The van der Waals surface area contributed by atoms with Gasteiger partial charge >= 0.3 is 0 Å². The number of phenolic OH excluding ortho intramolecular Hbond substituents is 1. The molecule has 0 aliphatic heterocycles. The number of hydrogen-bond acceptors (Lipinski definition) is 2. The summed E-state index contributed by atoms with van der Waals surface area (Å²) < 4.78 is 0. The summed E-state index contributed by atoms with van der Waals surface area (Å²) >= 11 is 0. The van der Waals surface area contributed by atoms with Gasteiger partial charge in [0.2, 0.25) is 0 Å². The van der Waals surface area contributed by atoms with E-state index in [1.54, 1.807) is 0 Å². The zero-order chi connectivity index (χ0) is 12.8. The van der Waals surface area contributed by atoms with Crippen LogP contribution in [0.1, 0.15) is 50.8 Å². The van der Waals surface area contributed by atoms with Crippen molar-refractivity contribution in [1.29, 1.82) is 0 Å². The van der Waals surface area contributed by atoms with Crippen LogP contribution in [0.5, 0.6) is 5.75 Å². The minimum absolute atomic E-state index is 0.287. The summed E-state index contributed by atoms with van der Waals surface area (Å²) in [6.45, 7) is 10.7. The van der Waals surface area contributed by atoms with Crippen LogP contribution in [0.25, 0.3) is 0 Å². The Balaban J connectivity index is 2.88. The molecule has 1 N–H and O–H groups in total. The van der Waals surface area contributed by atoms with E-state index in [-0.39, 0.29) is 6.04 Å². The maximum absolute atomic E-state index is 10.0. The van der Waals surface area contributed by atoms with Crippen LogP contribution in [0.4, 0.5) is 0 Å². The third-order valence-corrected chi connectivity index (χ3v) is 3.21. The normalized spacial score (nSPS) is 13.0. The molecule has 0 aliphatic carbocycles. The Bertz CT molecular complexity index is 343. The van der Waals surface area contributed by atoms with Gasteiger partial charge in [-0.3, -0.25) is 4.90 Å². The molecule has 0 aromatic heterocycles. The van der Waals surface area contributed by atoms with Gasteiger partial charge in [-0.25, -0.2) is 0 Å². The molecular formula is C15H25NO. The van der Waals surface area contributed by atoms with Crippen molar-refractivity contribution in [1.82, 2.24) is 4.90 Å². The minimum Gasteiger partial charge on any atom is -0.508 e. The Labute approximate surface area is 105 Å². The van der Waals surface area contributed by atoms with Gasteiger partial charge in [0.05, 0.1) is 0 Å². The van der Waals surface area contributed by atoms with E-state index in [1.165, 1.54) is 0 Å². The van der Waals surface area contributed by atoms with Gasteiger partial charge in [0.15, 0.2) is 0 Å². The lowest BCUT2D eigenvalue weighted by molar-refractivity contribution is 0.208. The molecule has 0 saturated carbocycles. The predicted molar refractivity (Wildman–Crippen MR) is 73.4 cm³/mol. The second kappa shape index (κ2) is 6.65. The van der Waals surface area contributed by atoms with Crippen molar-refractivity contribution in [3.8, 4) is 5.75 Å². The summed E-state index contributed by atoms with van der Waals surface area (Å²) in [4.78, 5) is 2.43. The summed E-state index contributed by atoms with van der Waals surface area (Å²) in [6, 6.07) is 6.26. The average Bonchev–Trinajstić information content (AvgIpc) is 2.28. The first-order valence-electron chi connectivity index (χ1n) is 6.63. The highest BCUT2D eigenvalue weighted by Gasteiger charge is 2.17. The van der Waals surface area contributed by atoms with E-state index in [0.29, 0.717) is 5.75 Å². The van der Waals surface area contributed by atoms with Crippen LogP contribution < -0.4 is 0 Å². The maximum atomic E-state index is 10.0. The fraction of sp³-hybridized carbons (Fsp3) is 0.600. The van der Waals surface area contributed by atoms with Crippen molar-refractivity contribution in [3.63, 3.8) is 0 Å². The zero-order valence-electron chi connectivity index (χ0n) is 11.5. The number of phenols is 1. The van der Waals surface area contributed by atoms with E-state index in [9.17, 15) is 5.11 Å². The van der Waals surface area contributed by atoms with Gasteiger partial charge in [0.1, 0.15) is 5.75 Å². The molecule has 2 nitrogen and oxygen atoms in total. The first-order valence-corrected chi connectivity index (χ1v) is 6.63. The molecule has 0 bridgehead atoms. The van der Waals surface area contributed by atoms with Crippen LogP contribution in [0.15, 0.2) is 18.2 Å². The standard InChI is InChI=1S/C15H25NO/c1-5-9-16(10-6-2)13(4)14-8-7-12(3)11-15(14)17/h7-8,11,13,17H,5-6,9-10H2,1-4H3. The van der Waals surface area contributed by atoms with Crippen molar-refractivity contribution < 1.29 is 5.11 Å². The van der Waals surface area contributed by atoms with Crippen LogP contribution in [-0.4, -0.2) is 23.1 Å². The lowest BCUT2D eigenvalue weighted by atomic mass is 10.0. The highest BCUT2D eigenvalue weighted by Crippen LogP contribution is 2.29. The highest BCUT2D eigenvalue weighted by molar-refractivity contribution is 5.37. The number of aryl methyl sites for hydroxylation is 1. The van der Waals surface area contributed by atoms with Gasteiger partial charge in [-0.05, 0) is 51.4 Å². The molecule has 1 aromatic carbocycles. The molecular weight excluding hydrogens is 210 g/mol. The van der Waals surface area contributed by atoms with Gasteiger partial charge in [-0.1, -0.05) is 26.0 Å². The smallest absolute Gasteiger partial charge is 0.120 e. The highest BCUT2D eigenvalue weighted by atomic mass is 16.3. The monoisotopic (exact) mass is 235 g/mol. The second-order valence-corrected chi connectivity index (χ2v) is 4.77. The molecule has 17 heavy (non-hydrogen) atoms. The number of aromatic hydroxyl groups is 1. The first-order chi connectivity index (χ1) is 8.10. The summed E-state index contributed by atoms with van der Waals surface area (Å²) in [5.41, 5.74) is 2.15. The Morgan fingerprint density at radius 3 is 2.24 bits per heavy atom. The van der Waals surface area contributed by atoms with Gasteiger partial charge < -0.3 is 5.11 Å². The lowest BCUT2D eigenvalue weighted by Crippen LogP contribution is -2.28. The van der Waals surface area contributed by atoms with Crippen molar-refractivity contribution in [2.45, 2.75) is 46.6 Å². The summed E-state index contributed by atoms with van der Waals surface area (Å²) in [5.74, 6) is 0.426. The van der Waals surface area contributed by atoms with E-state index in [4.69, 9.17) is 0 Å². The topological polar surface area (TPSA) is 23.5 Å². The fourth-order valence-corrected chi connectivity index (χ4v) is 2.28. The molecule has 1 rings (SSSR count). The molecule has 0 radical (unpaired) electrons. The SMILES string of the molecule is CCCN(CCC)C(C)c1ccc(C)cc1O. The minimum atomic E-state index is 0.287. The molecule has 0 heterocycles. The molecule has 0 spiro atoms. The number of benzene rings is 1. The van der Waals surface area contributed by atoms with Gasteiger partial charge in [-0.2, -0.15) is 0 Å². The fourth-order valence-electron chi connectivity index (χ4n) is 2.28. The average molecular weight is 235 g/mol. The van der Waals surface area contributed by atoms with E-state index in [2.05, 4.69) is 31.7 Å². The molecule has 0 saturated heterocycles. The number of hydrogen-bond donors (Lipinski definition) is 1. The summed E-state index contributed by atoms with van der Waals surface area (Å²) in [5, 5.41) is 10.0. The zero-order valence-corrected chi connectivity index (χ0v) is 11.5. The number of nitrogens with zero attached hydrogens (tertiary/aromatic N) is 1. The van der Waals surface area contributed by atoms with Gasteiger partial charge in [-0.15, -0.1) is 0 Å². The lowest BCUT2D eigenvalue weighted by Gasteiger charge is -2.29. The Kier molecular flexibility index (Phi) is 5.49. The molecule has 1 aromatic rings. The van der Waals surface area contributed by atoms with Crippen LogP contribution in [0.2, 0.25) is 0 Å². The third-order valence-electron chi connectivity index (χ3n) is 3.21. The molecule has 1 atom stereocenters. The van der Waals surface area contributed by atoms with Crippen LogP contribution in [0, 0.1) is 6.92 Å². The molecule has 96 valence electrons. The largest absolute Gasteiger partial charge is 0.508 e. The predicted octanol–water partition coefficient (Wildman–Crippen LogP) is 3.88. The molecule has 0 fully saturated rings. The molecule has 2 heteroatoms. The Morgan fingerprint density at radius 2 is 1.76 bits per heavy atom. The Hall–Kier alpha value is -1.02. The molecule has 1 unspecified atom stereocenters. The van der Waals surface area contributed by atoms with Crippen molar-refractivity contribution >= 4 is 0 Å². The maximum Gasteiger partial charge on any atom is 0.120 e. The Morgan fingerprint density at radius 1 is 1.18 bits per heavy atom. The molecule has 0 amide bonds. The number of rotatable bonds is 6. The molecule has 0 aliphatic rings. The van der Waals surface area contributed by atoms with E-state index < -0.39 is 0 Å². The van der Waals surface area contributed by atoms with Crippen LogP contribution in [-0.2, 0) is 0 Å². The van der Waals surface area contributed by atoms with E-state index in [0.717, 1.165) is 37.1 Å². The van der Waals surface area contributed by atoms with Crippen LogP contribution in [0.3, 0.4) is 0 Å². The summed E-state index contributed by atoms with van der Waals surface area (Å²) in [6.07, 6.45) is 2.30. The van der Waals surface area contributed by atoms with E-state index >= 15 is 0 Å². The van der Waals surface area contributed by atoms with Crippen molar-refractivity contribution in [3.05, 3.63) is 29.3 Å². The van der Waals surface area contributed by atoms with Crippen molar-refractivity contribution in [2.24, 2.45) is 0 Å². The second-order valence-electron chi connectivity index (χ2n) is 4.77.